The fraction of sp³-hybridized carbons (Fsp3) is 0.667. The number of hydrogen-bond donors (Lipinski definition) is 0. The van der Waals surface area contributed by atoms with Crippen LogP contribution in [0.5, 0.6) is 0 Å². The number of aryl methyl sites for hydroxylation is 4. The first-order chi connectivity index (χ1) is 12.3. The number of hydrogen-bond acceptors (Lipinski definition) is 0. The minimum Gasteiger partial charge on any atom is -0.237 e. The molecule has 25 heavy (non-hydrogen) atoms. The summed E-state index contributed by atoms with van der Waals surface area (Å²) in [7, 11) is 2.07. The Morgan fingerprint density at radius 3 is 2.24 bits per heavy atom. The second-order valence-corrected chi connectivity index (χ2v) is 7.23. The van der Waals surface area contributed by atoms with Crippen molar-refractivity contribution in [2.24, 2.45) is 7.05 Å². The molecule has 0 aromatic carbocycles. The molecule has 2 rings (SSSR count). The van der Waals surface area contributed by atoms with E-state index in [0.29, 0.717) is 0 Å². The first-order valence-corrected chi connectivity index (χ1v) is 10.2. The van der Waals surface area contributed by atoms with Crippen molar-refractivity contribution < 1.29 is 13.7 Å². The van der Waals surface area contributed by atoms with Gasteiger partial charge in [-0.15, -0.1) is 4.57 Å². The van der Waals surface area contributed by atoms with Crippen LogP contribution in [0.2, 0.25) is 0 Å². The number of aromatic nitrogens is 4. The Labute approximate surface area is 153 Å². The van der Waals surface area contributed by atoms with E-state index in [-0.39, 0.29) is 0 Å². The van der Waals surface area contributed by atoms with E-state index in [4.69, 9.17) is 0 Å². The predicted molar refractivity (Wildman–Crippen MR) is 99.7 cm³/mol. The number of rotatable bonds is 13. The first kappa shape index (κ1) is 19.6. The summed E-state index contributed by atoms with van der Waals surface area (Å²) >= 11 is 0. The maximum Gasteiger partial charge on any atom is 0.406 e. The van der Waals surface area contributed by atoms with Gasteiger partial charge >= 0.3 is 6.33 Å². The molecule has 4 nitrogen and oxygen atoms in total. The molecule has 0 N–H and O–H groups in total. The molecular formula is C21H37N4+3. The maximum absolute atomic E-state index is 2.35. The van der Waals surface area contributed by atoms with E-state index >= 15 is 0 Å². The molecule has 0 unspecified atom stereocenters. The zero-order valence-electron chi connectivity index (χ0n) is 16.3. The van der Waals surface area contributed by atoms with Gasteiger partial charge in [-0.2, -0.15) is 4.57 Å². The number of imidazole rings is 1. The van der Waals surface area contributed by atoms with Crippen molar-refractivity contribution in [3.63, 3.8) is 0 Å². The van der Waals surface area contributed by atoms with Crippen molar-refractivity contribution in [1.29, 1.82) is 0 Å². The molecule has 0 aliphatic heterocycles. The maximum atomic E-state index is 2.35. The van der Waals surface area contributed by atoms with Gasteiger partial charge in [0.15, 0.2) is 18.9 Å². The van der Waals surface area contributed by atoms with Crippen LogP contribution in [0.1, 0.15) is 64.7 Å². The molecule has 4 heteroatoms. The van der Waals surface area contributed by atoms with Crippen molar-refractivity contribution in [2.75, 3.05) is 0 Å². The standard InChI is InChI=1S/C21H37N4/c1-3-4-5-6-9-15-24-18-19-25(21-24)16-11-8-7-10-14-23-17-12-13-22(2)20-23/h12-13,17-21H,3-11,14-16H2,1-2H3/q+3. The minimum absolute atomic E-state index is 1.12. The molecule has 0 aliphatic carbocycles. The summed E-state index contributed by atoms with van der Waals surface area (Å²) in [4.78, 5) is 0. The van der Waals surface area contributed by atoms with Gasteiger partial charge in [0.1, 0.15) is 19.4 Å². The van der Waals surface area contributed by atoms with Gasteiger partial charge in [0.2, 0.25) is 6.33 Å². The van der Waals surface area contributed by atoms with Crippen molar-refractivity contribution in [1.82, 2.24) is 4.57 Å². The summed E-state index contributed by atoms with van der Waals surface area (Å²) in [6, 6.07) is 2.10. The molecule has 0 amide bonds. The third kappa shape index (κ3) is 8.28. The average Bonchev–Trinajstić information content (AvgIpc) is 3.05. The lowest BCUT2D eigenvalue weighted by Gasteiger charge is -1.99. The zero-order valence-corrected chi connectivity index (χ0v) is 16.3. The Kier molecular flexibility index (Phi) is 9.24. The Bertz CT molecular complexity index is 591. The summed E-state index contributed by atoms with van der Waals surface area (Å²) in [5.74, 6) is 0. The van der Waals surface area contributed by atoms with Crippen molar-refractivity contribution in [3.05, 3.63) is 43.5 Å². The van der Waals surface area contributed by atoms with Gasteiger partial charge in [-0.1, -0.05) is 26.2 Å². The summed E-state index contributed by atoms with van der Waals surface area (Å²) in [6.45, 7) is 5.71. The Balaban J connectivity index is 1.52. The zero-order chi connectivity index (χ0) is 17.7. The molecule has 0 bridgehead atoms. The van der Waals surface area contributed by atoms with Crippen LogP contribution in [0.25, 0.3) is 0 Å². The molecule has 0 spiro atoms. The van der Waals surface area contributed by atoms with Crippen LogP contribution < -0.4 is 13.7 Å². The van der Waals surface area contributed by atoms with Gasteiger partial charge < -0.3 is 0 Å². The smallest absolute Gasteiger partial charge is 0.237 e. The Hall–Kier alpha value is -1.71. The lowest BCUT2D eigenvalue weighted by atomic mass is 10.1. The van der Waals surface area contributed by atoms with Crippen LogP contribution in [0.15, 0.2) is 43.5 Å². The fourth-order valence-corrected chi connectivity index (χ4v) is 3.27. The van der Waals surface area contributed by atoms with E-state index in [2.05, 4.69) is 75.7 Å². The lowest BCUT2D eigenvalue weighted by Crippen LogP contribution is -2.44. The molecule has 0 aliphatic rings. The molecule has 0 fully saturated rings. The lowest BCUT2D eigenvalue weighted by molar-refractivity contribution is -0.816. The van der Waals surface area contributed by atoms with Crippen molar-refractivity contribution in [2.45, 2.75) is 84.3 Å². The average molecular weight is 346 g/mol. The molecular weight excluding hydrogens is 308 g/mol. The topological polar surface area (TPSA) is 16.6 Å². The minimum atomic E-state index is 1.12. The van der Waals surface area contributed by atoms with Crippen LogP contribution in [0.4, 0.5) is 0 Å². The van der Waals surface area contributed by atoms with E-state index in [1.807, 2.05) is 0 Å². The molecule has 2 heterocycles. The van der Waals surface area contributed by atoms with Gasteiger partial charge in [-0.25, -0.2) is 9.13 Å². The normalized spacial score (nSPS) is 11.1. The highest BCUT2D eigenvalue weighted by atomic mass is 15.1. The fourth-order valence-electron chi connectivity index (χ4n) is 3.27. The van der Waals surface area contributed by atoms with E-state index in [9.17, 15) is 0 Å². The molecule has 0 radical (unpaired) electrons. The third-order valence-corrected chi connectivity index (χ3v) is 4.78. The monoisotopic (exact) mass is 345 g/mol. The third-order valence-electron chi connectivity index (χ3n) is 4.78. The van der Waals surface area contributed by atoms with Crippen LogP contribution >= 0.6 is 0 Å². The van der Waals surface area contributed by atoms with Gasteiger partial charge in [0, 0.05) is 6.42 Å². The van der Waals surface area contributed by atoms with E-state index < -0.39 is 0 Å². The van der Waals surface area contributed by atoms with Gasteiger partial charge in [-0.05, 0) is 32.1 Å². The highest BCUT2D eigenvalue weighted by molar-refractivity contribution is 4.66. The second kappa shape index (κ2) is 11.8. The number of nitrogens with zero attached hydrogens (tertiary/aromatic N) is 4. The van der Waals surface area contributed by atoms with E-state index in [0.717, 1.165) is 13.1 Å². The highest BCUT2D eigenvalue weighted by Crippen LogP contribution is 2.03. The van der Waals surface area contributed by atoms with Crippen LogP contribution in [-0.2, 0) is 26.7 Å². The summed E-state index contributed by atoms with van der Waals surface area (Å²) in [5.41, 5.74) is 0. The van der Waals surface area contributed by atoms with Crippen LogP contribution in [0.3, 0.4) is 0 Å². The van der Waals surface area contributed by atoms with Crippen molar-refractivity contribution >= 4 is 0 Å². The Morgan fingerprint density at radius 2 is 1.48 bits per heavy atom. The largest absolute Gasteiger partial charge is 0.406 e. The molecule has 138 valence electrons. The predicted octanol–water partition coefficient (Wildman–Crippen LogP) is 3.12. The molecule has 0 saturated heterocycles. The van der Waals surface area contributed by atoms with E-state index in [1.165, 1.54) is 64.3 Å². The molecule has 0 saturated carbocycles. The van der Waals surface area contributed by atoms with Crippen LogP contribution in [0, 0.1) is 0 Å². The molecule has 0 atom stereocenters. The molecule has 2 aromatic heterocycles. The first-order valence-electron chi connectivity index (χ1n) is 10.2. The van der Waals surface area contributed by atoms with Gasteiger partial charge in [-0.3, -0.25) is 0 Å². The quantitative estimate of drug-likeness (QED) is 0.392. The van der Waals surface area contributed by atoms with E-state index in [1.54, 1.807) is 0 Å². The van der Waals surface area contributed by atoms with Crippen molar-refractivity contribution in [3.8, 4) is 0 Å². The highest BCUT2D eigenvalue weighted by Gasteiger charge is 2.05. The second-order valence-electron chi connectivity index (χ2n) is 7.23. The molecule has 2 aromatic rings. The Morgan fingerprint density at radius 1 is 0.760 bits per heavy atom. The van der Waals surface area contributed by atoms with Crippen LogP contribution in [-0.4, -0.2) is 4.57 Å². The number of unbranched alkanes of at least 4 members (excludes halogenated alkanes) is 7. The van der Waals surface area contributed by atoms with Gasteiger partial charge in [0.25, 0.3) is 0 Å². The van der Waals surface area contributed by atoms with Gasteiger partial charge in [0.05, 0.1) is 19.2 Å². The summed E-state index contributed by atoms with van der Waals surface area (Å²) in [6.07, 6.45) is 25.0. The summed E-state index contributed by atoms with van der Waals surface area (Å²) < 4.78 is 9.07. The summed E-state index contributed by atoms with van der Waals surface area (Å²) in [5, 5.41) is 0. The SMILES string of the molecule is CCCCCCC[n+]1ccn(CCCCCC[n+]2ccc[n+](C)c2)c1.